The Morgan fingerprint density at radius 1 is 1.08 bits per heavy atom. The van der Waals surface area contributed by atoms with Crippen molar-refractivity contribution in [3.8, 4) is 0 Å². The van der Waals surface area contributed by atoms with Gasteiger partial charge in [0, 0.05) is 35.8 Å². The number of hydrogen-bond acceptors (Lipinski definition) is 4. The third-order valence-corrected chi connectivity index (χ3v) is 4.29. The number of imidazole rings is 1. The molecule has 1 aliphatic heterocycles. The van der Waals surface area contributed by atoms with Crippen LogP contribution in [0.4, 0.5) is 11.4 Å². The van der Waals surface area contributed by atoms with Crippen molar-refractivity contribution in [3.63, 3.8) is 0 Å². The van der Waals surface area contributed by atoms with Gasteiger partial charge in [0.1, 0.15) is 5.82 Å². The van der Waals surface area contributed by atoms with Gasteiger partial charge in [-0.3, -0.25) is 14.9 Å². The maximum atomic E-state index is 13.0. The number of aromatic nitrogens is 2. The average molecular weight is 334 g/mol. The fraction of sp³-hybridized carbons (Fsp3) is 0.111. The number of anilines is 1. The van der Waals surface area contributed by atoms with E-state index in [1.807, 2.05) is 35.0 Å². The molecule has 0 N–H and O–H groups in total. The predicted molar refractivity (Wildman–Crippen MR) is 91.4 cm³/mol. The summed E-state index contributed by atoms with van der Waals surface area (Å²) in [5, 5.41) is 10.8. The van der Waals surface area contributed by atoms with Crippen molar-refractivity contribution in [2.45, 2.75) is 13.1 Å². The number of carbonyl (C=O) groups is 1. The molecule has 0 spiro atoms. The zero-order chi connectivity index (χ0) is 17.4. The number of carbonyl (C=O) groups excluding carboxylic acids is 1. The highest BCUT2D eigenvalue weighted by molar-refractivity contribution is 6.06. The molecule has 7 nitrogen and oxygen atoms in total. The summed E-state index contributed by atoms with van der Waals surface area (Å²) in [5.74, 6) is 0.588. The highest BCUT2D eigenvalue weighted by Crippen LogP contribution is 2.28. The molecule has 0 saturated heterocycles. The van der Waals surface area contributed by atoms with Crippen LogP contribution in [0.25, 0.3) is 0 Å². The van der Waals surface area contributed by atoms with E-state index in [4.69, 9.17) is 0 Å². The number of rotatable bonds is 2. The Bertz CT molecular complexity index is 962. The summed E-state index contributed by atoms with van der Waals surface area (Å²) < 4.78 is 2.02. The lowest BCUT2D eigenvalue weighted by molar-refractivity contribution is -0.384. The SMILES string of the molecule is O=C(c1ccc([N+](=O)[O-])cc1)N1Cc2nccn2Cc2ccccc21. The Balaban J connectivity index is 1.75. The maximum absolute atomic E-state index is 13.0. The lowest BCUT2D eigenvalue weighted by Gasteiger charge is -2.22. The minimum absolute atomic E-state index is 0.0386. The summed E-state index contributed by atoms with van der Waals surface area (Å²) in [6.07, 6.45) is 3.61. The van der Waals surface area contributed by atoms with Gasteiger partial charge in [-0.1, -0.05) is 18.2 Å². The van der Waals surface area contributed by atoms with E-state index in [0.717, 1.165) is 17.1 Å². The van der Waals surface area contributed by atoms with Crippen molar-refractivity contribution in [1.29, 1.82) is 0 Å². The number of nitrogens with zero attached hydrogens (tertiary/aromatic N) is 4. The molecule has 1 amide bonds. The second kappa shape index (κ2) is 5.86. The van der Waals surface area contributed by atoms with Crippen LogP contribution in [-0.2, 0) is 13.1 Å². The maximum Gasteiger partial charge on any atom is 0.269 e. The number of non-ortho nitro benzene ring substituents is 1. The Morgan fingerprint density at radius 2 is 1.84 bits per heavy atom. The van der Waals surface area contributed by atoms with Crippen LogP contribution in [0.5, 0.6) is 0 Å². The van der Waals surface area contributed by atoms with Crippen molar-refractivity contribution in [3.05, 3.63) is 88.0 Å². The first-order valence-corrected chi connectivity index (χ1v) is 7.78. The standard InChI is InChI=1S/C18H14N4O3/c23-18(13-5-7-15(8-6-13)22(24)25)21-12-17-19-9-10-20(17)11-14-3-1-2-4-16(14)21/h1-10H,11-12H2. The van der Waals surface area contributed by atoms with Crippen LogP contribution in [0.1, 0.15) is 21.7 Å². The molecule has 124 valence electrons. The van der Waals surface area contributed by atoms with Gasteiger partial charge in [0.25, 0.3) is 11.6 Å². The Labute approximate surface area is 143 Å². The number of hydrogen-bond donors (Lipinski definition) is 0. The third kappa shape index (κ3) is 2.65. The minimum Gasteiger partial charge on any atom is -0.329 e. The molecule has 3 aromatic rings. The minimum atomic E-state index is -0.480. The number of para-hydroxylation sites is 1. The summed E-state index contributed by atoms with van der Waals surface area (Å²) in [5.41, 5.74) is 2.22. The van der Waals surface area contributed by atoms with Gasteiger partial charge in [-0.25, -0.2) is 4.98 Å². The van der Waals surface area contributed by atoms with E-state index < -0.39 is 4.92 Å². The summed E-state index contributed by atoms with van der Waals surface area (Å²) in [4.78, 5) is 29.4. The van der Waals surface area contributed by atoms with Gasteiger partial charge in [-0.05, 0) is 23.8 Å². The first-order chi connectivity index (χ1) is 12.1. The molecule has 2 aromatic carbocycles. The van der Waals surface area contributed by atoms with Crippen LogP contribution in [0.2, 0.25) is 0 Å². The third-order valence-electron chi connectivity index (χ3n) is 4.29. The average Bonchev–Trinajstić information content (AvgIpc) is 3.00. The van der Waals surface area contributed by atoms with Gasteiger partial charge in [-0.2, -0.15) is 0 Å². The topological polar surface area (TPSA) is 81.3 Å². The van der Waals surface area contributed by atoms with Gasteiger partial charge in [-0.15, -0.1) is 0 Å². The van der Waals surface area contributed by atoms with Gasteiger partial charge >= 0.3 is 0 Å². The number of nitro groups is 1. The molecule has 0 fully saturated rings. The zero-order valence-electron chi connectivity index (χ0n) is 13.2. The molecule has 7 heteroatoms. The molecule has 0 aliphatic carbocycles. The second-order valence-electron chi connectivity index (χ2n) is 5.80. The Morgan fingerprint density at radius 3 is 2.60 bits per heavy atom. The molecule has 0 bridgehead atoms. The predicted octanol–water partition coefficient (Wildman–Crippen LogP) is 3.00. The van der Waals surface area contributed by atoms with Crippen LogP contribution >= 0.6 is 0 Å². The number of fused-ring (bicyclic) bond motifs is 2. The molecule has 4 rings (SSSR count). The molecule has 0 radical (unpaired) electrons. The smallest absolute Gasteiger partial charge is 0.269 e. The summed E-state index contributed by atoms with van der Waals surface area (Å²) >= 11 is 0. The molecular weight excluding hydrogens is 320 g/mol. The van der Waals surface area contributed by atoms with Gasteiger partial charge < -0.3 is 9.47 Å². The van der Waals surface area contributed by atoms with E-state index in [2.05, 4.69) is 4.98 Å². The normalized spacial score (nSPS) is 12.9. The largest absolute Gasteiger partial charge is 0.329 e. The summed E-state index contributed by atoms with van der Waals surface area (Å²) in [7, 11) is 0. The number of nitro benzene ring substituents is 1. The van der Waals surface area contributed by atoms with E-state index in [-0.39, 0.29) is 11.6 Å². The lowest BCUT2D eigenvalue weighted by atomic mass is 10.1. The number of benzene rings is 2. The zero-order valence-corrected chi connectivity index (χ0v) is 13.2. The van der Waals surface area contributed by atoms with E-state index in [1.165, 1.54) is 24.3 Å². The lowest BCUT2D eigenvalue weighted by Crippen LogP contribution is -2.30. The monoisotopic (exact) mass is 334 g/mol. The Hall–Kier alpha value is -3.48. The molecule has 25 heavy (non-hydrogen) atoms. The first-order valence-electron chi connectivity index (χ1n) is 7.78. The van der Waals surface area contributed by atoms with Crippen molar-refractivity contribution >= 4 is 17.3 Å². The molecule has 1 aromatic heterocycles. The quantitative estimate of drug-likeness (QED) is 0.533. The van der Waals surface area contributed by atoms with Gasteiger partial charge in [0.2, 0.25) is 0 Å². The fourth-order valence-corrected chi connectivity index (χ4v) is 3.02. The van der Waals surface area contributed by atoms with E-state index in [0.29, 0.717) is 18.7 Å². The molecular formula is C18H14N4O3. The van der Waals surface area contributed by atoms with Crippen molar-refractivity contribution in [1.82, 2.24) is 9.55 Å². The molecule has 0 saturated carbocycles. The van der Waals surface area contributed by atoms with Crippen LogP contribution in [-0.4, -0.2) is 20.4 Å². The molecule has 0 unspecified atom stereocenters. The Kier molecular flexibility index (Phi) is 3.53. The van der Waals surface area contributed by atoms with Crippen LogP contribution < -0.4 is 4.90 Å². The molecule has 0 atom stereocenters. The highest BCUT2D eigenvalue weighted by atomic mass is 16.6. The van der Waals surface area contributed by atoms with Crippen LogP contribution in [0, 0.1) is 10.1 Å². The van der Waals surface area contributed by atoms with Crippen LogP contribution in [0.15, 0.2) is 60.9 Å². The first kappa shape index (κ1) is 15.1. The summed E-state index contributed by atoms with van der Waals surface area (Å²) in [6, 6.07) is 13.4. The number of amides is 1. The second-order valence-corrected chi connectivity index (χ2v) is 5.80. The van der Waals surface area contributed by atoms with Crippen molar-refractivity contribution in [2.24, 2.45) is 0 Å². The van der Waals surface area contributed by atoms with Crippen LogP contribution in [0.3, 0.4) is 0 Å². The van der Waals surface area contributed by atoms with Crippen molar-refractivity contribution < 1.29 is 9.72 Å². The molecule has 1 aliphatic rings. The van der Waals surface area contributed by atoms with E-state index in [1.54, 1.807) is 11.1 Å². The summed E-state index contributed by atoms with van der Waals surface area (Å²) in [6.45, 7) is 0.995. The fourth-order valence-electron chi connectivity index (χ4n) is 3.02. The van der Waals surface area contributed by atoms with Crippen molar-refractivity contribution in [2.75, 3.05) is 4.90 Å². The highest BCUT2D eigenvalue weighted by Gasteiger charge is 2.25. The van der Waals surface area contributed by atoms with E-state index >= 15 is 0 Å². The van der Waals surface area contributed by atoms with E-state index in [9.17, 15) is 14.9 Å². The van der Waals surface area contributed by atoms with Gasteiger partial charge in [0.15, 0.2) is 0 Å². The molecule has 2 heterocycles. The van der Waals surface area contributed by atoms with Gasteiger partial charge in [0.05, 0.1) is 18.0 Å².